The lowest BCUT2D eigenvalue weighted by Crippen LogP contribution is -2.20. The number of benzene rings is 2. The van der Waals surface area contributed by atoms with E-state index in [1.807, 2.05) is 9.95 Å². The Morgan fingerprint density at radius 2 is 1.73 bits per heavy atom. The first-order valence-electron chi connectivity index (χ1n) is 8.58. The van der Waals surface area contributed by atoms with Crippen LogP contribution in [0.3, 0.4) is 0 Å². The van der Waals surface area contributed by atoms with Gasteiger partial charge in [0.1, 0.15) is 17.3 Å². The maximum atomic E-state index is 14.3. The first kappa shape index (κ1) is 17.1. The van der Waals surface area contributed by atoms with Gasteiger partial charge in [0.2, 0.25) is 0 Å². The number of hydrogen-bond donors (Lipinski definition) is 0. The molecule has 2 aromatic carbocycles. The third kappa shape index (κ3) is 3.21. The first-order valence-corrected chi connectivity index (χ1v) is 9.46. The van der Waals surface area contributed by atoms with Crippen molar-refractivity contribution in [3.8, 4) is 11.3 Å². The van der Waals surface area contributed by atoms with E-state index in [0.717, 1.165) is 37.4 Å². The average molecular weight is 374 g/mol. The number of hydrogen-bond acceptors (Lipinski definition) is 2. The third-order valence-corrected chi connectivity index (χ3v) is 5.55. The lowest BCUT2D eigenvalue weighted by atomic mass is 10.1. The minimum absolute atomic E-state index is 0.0834. The molecule has 2 nitrogen and oxygen atoms in total. The van der Waals surface area contributed by atoms with Crippen molar-refractivity contribution in [1.29, 1.82) is 0 Å². The molecule has 0 atom stereocenters. The summed E-state index contributed by atoms with van der Waals surface area (Å²) in [4.78, 5) is 5.02. The van der Waals surface area contributed by atoms with E-state index in [4.69, 9.17) is 0 Å². The van der Waals surface area contributed by atoms with Gasteiger partial charge in [0.15, 0.2) is 10.6 Å². The predicted octanol–water partition coefficient (Wildman–Crippen LogP) is 5.98. The molecule has 6 heteroatoms. The van der Waals surface area contributed by atoms with E-state index in [2.05, 4.69) is 4.99 Å². The molecule has 1 aromatic heterocycles. The number of aromatic nitrogens is 1. The Kier molecular flexibility index (Phi) is 4.68. The van der Waals surface area contributed by atoms with Crippen LogP contribution < -0.4 is 4.80 Å². The molecule has 1 heterocycles. The van der Waals surface area contributed by atoms with Crippen molar-refractivity contribution in [2.45, 2.75) is 31.7 Å². The van der Waals surface area contributed by atoms with Crippen LogP contribution >= 0.6 is 11.3 Å². The van der Waals surface area contributed by atoms with Crippen molar-refractivity contribution in [3.63, 3.8) is 0 Å². The molecule has 0 radical (unpaired) electrons. The topological polar surface area (TPSA) is 17.3 Å². The molecule has 0 saturated heterocycles. The molecule has 26 heavy (non-hydrogen) atoms. The summed E-state index contributed by atoms with van der Waals surface area (Å²) >= 11 is 1.34. The lowest BCUT2D eigenvalue weighted by Gasteiger charge is -2.16. The summed E-state index contributed by atoms with van der Waals surface area (Å²) < 4.78 is 43.6. The van der Waals surface area contributed by atoms with Crippen molar-refractivity contribution in [2.24, 2.45) is 4.99 Å². The van der Waals surface area contributed by atoms with E-state index in [1.165, 1.54) is 29.5 Å². The highest BCUT2D eigenvalue weighted by atomic mass is 32.1. The van der Waals surface area contributed by atoms with Crippen LogP contribution in [0, 0.1) is 17.5 Å². The molecule has 3 aromatic rings. The van der Waals surface area contributed by atoms with Crippen molar-refractivity contribution < 1.29 is 13.2 Å². The van der Waals surface area contributed by atoms with Gasteiger partial charge in [-0.15, -0.1) is 11.3 Å². The van der Waals surface area contributed by atoms with Crippen molar-refractivity contribution in [2.75, 3.05) is 0 Å². The SMILES string of the molecule is Fc1ccc(N=c2scc(-c3ccccc3F)n2C2CCCC2)c(F)c1. The standard InChI is InChI=1S/C20H17F3N2S/c21-13-9-10-18(17(23)11-13)24-20-25(14-5-1-2-6-14)19(12-26-20)15-7-3-4-8-16(15)22/h3-4,7-12,14H,1-2,5-6H2. The Morgan fingerprint density at radius 1 is 0.962 bits per heavy atom. The van der Waals surface area contributed by atoms with Crippen LogP contribution in [0.5, 0.6) is 0 Å². The molecule has 0 aliphatic heterocycles. The maximum Gasteiger partial charge on any atom is 0.190 e. The molecule has 1 saturated carbocycles. The zero-order chi connectivity index (χ0) is 18.1. The van der Waals surface area contributed by atoms with E-state index >= 15 is 0 Å². The van der Waals surface area contributed by atoms with E-state index in [9.17, 15) is 13.2 Å². The van der Waals surface area contributed by atoms with Crippen LogP contribution in [0.15, 0.2) is 52.8 Å². The Labute approximate surface area is 153 Å². The minimum Gasteiger partial charge on any atom is -0.313 e. The Bertz CT molecular complexity index is 1000. The van der Waals surface area contributed by atoms with Gasteiger partial charge in [-0.25, -0.2) is 18.2 Å². The largest absolute Gasteiger partial charge is 0.313 e. The summed E-state index contributed by atoms with van der Waals surface area (Å²) in [6.45, 7) is 0. The quantitative estimate of drug-likeness (QED) is 0.536. The fraction of sp³-hybridized carbons (Fsp3) is 0.250. The fourth-order valence-corrected chi connectivity index (χ4v) is 4.43. The minimum atomic E-state index is -0.705. The van der Waals surface area contributed by atoms with Gasteiger partial charge in [-0.1, -0.05) is 25.0 Å². The number of thiazole rings is 1. The number of nitrogens with zero attached hydrogens (tertiary/aromatic N) is 2. The van der Waals surface area contributed by atoms with Crippen LogP contribution in [0.2, 0.25) is 0 Å². The van der Waals surface area contributed by atoms with Gasteiger partial charge < -0.3 is 4.57 Å². The van der Waals surface area contributed by atoms with E-state index < -0.39 is 11.6 Å². The van der Waals surface area contributed by atoms with Gasteiger partial charge in [-0.05, 0) is 37.1 Å². The second-order valence-corrected chi connectivity index (χ2v) is 7.24. The van der Waals surface area contributed by atoms with Crippen molar-refractivity contribution in [1.82, 2.24) is 4.57 Å². The molecule has 0 bridgehead atoms. The molecule has 0 spiro atoms. The normalized spacial score (nSPS) is 15.7. The molecule has 0 N–H and O–H groups in total. The van der Waals surface area contributed by atoms with Crippen molar-refractivity contribution in [3.05, 3.63) is 70.1 Å². The molecule has 1 aliphatic carbocycles. The summed E-state index contributed by atoms with van der Waals surface area (Å²) in [6, 6.07) is 10.2. The fourth-order valence-electron chi connectivity index (χ4n) is 3.46. The average Bonchev–Trinajstić information content (AvgIpc) is 3.27. The first-order chi connectivity index (χ1) is 12.6. The summed E-state index contributed by atoms with van der Waals surface area (Å²) in [6.07, 6.45) is 4.18. The lowest BCUT2D eigenvalue weighted by molar-refractivity contribution is 0.509. The van der Waals surface area contributed by atoms with Crippen molar-refractivity contribution >= 4 is 17.0 Å². The van der Waals surface area contributed by atoms with Gasteiger partial charge >= 0.3 is 0 Å². The van der Waals surface area contributed by atoms with Gasteiger partial charge in [-0.2, -0.15) is 0 Å². The highest BCUT2D eigenvalue weighted by molar-refractivity contribution is 7.07. The van der Waals surface area contributed by atoms with E-state index in [-0.39, 0.29) is 17.5 Å². The molecule has 1 aliphatic rings. The molecular formula is C20H17F3N2S. The van der Waals surface area contributed by atoms with E-state index in [1.54, 1.807) is 18.2 Å². The molecule has 0 amide bonds. The second kappa shape index (κ2) is 7.11. The van der Waals surface area contributed by atoms with Gasteiger partial charge in [-0.3, -0.25) is 0 Å². The Balaban J connectivity index is 1.90. The summed E-state index contributed by atoms with van der Waals surface area (Å²) in [5.41, 5.74) is 1.35. The van der Waals surface area contributed by atoms with Gasteiger partial charge in [0.05, 0.1) is 5.69 Å². The number of halogens is 3. The predicted molar refractivity (Wildman–Crippen MR) is 96.8 cm³/mol. The maximum absolute atomic E-state index is 14.3. The molecule has 1 fully saturated rings. The smallest absolute Gasteiger partial charge is 0.190 e. The summed E-state index contributed by atoms with van der Waals surface area (Å²) in [5, 5.41) is 1.86. The van der Waals surface area contributed by atoms with E-state index in [0.29, 0.717) is 10.4 Å². The zero-order valence-corrected chi connectivity index (χ0v) is 14.8. The zero-order valence-electron chi connectivity index (χ0n) is 14.0. The third-order valence-electron chi connectivity index (χ3n) is 4.71. The summed E-state index contributed by atoms with van der Waals surface area (Å²) in [5.74, 6) is -1.64. The molecule has 0 unspecified atom stereocenters. The molecule has 4 rings (SSSR count). The van der Waals surface area contributed by atoms with Crippen LogP contribution in [0.1, 0.15) is 31.7 Å². The Hall–Kier alpha value is -2.34. The monoisotopic (exact) mass is 374 g/mol. The summed E-state index contributed by atoms with van der Waals surface area (Å²) in [7, 11) is 0. The van der Waals surface area contributed by atoms with Crippen LogP contribution in [-0.2, 0) is 0 Å². The second-order valence-electron chi connectivity index (χ2n) is 6.40. The van der Waals surface area contributed by atoms with Gasteiger partial charge in [0, 0.05) is 23.1 Å². The highest BCUT2D eigenvalue weighted by Gasteiger charge is 2.22. The van der Waals surface area contributed by atoms with Crippen LogP contribution in [0.4, 0.5) is 18.9 Å². The molecule has 134 valence electrons. The highest BCUT2D eigenvalue weighted by Crippen LogP contribution is 2.34. The van der Waals surface area contributed by atoms with Crippen LogP contribution in [-0.4, -0.2) is 4.57 Å². The molecular weight excluding hydrogens is 357 g/mol. The Morgan fingerprint density at radius 3 is 2.46 bits per heavy atom. The number of rotatable bonds is 3. The van der Waals surface area contributed by atoms with Gasteiger partial charge in [0.25, 0.3) is 0 Å². The van der Waals surface area contributed by atoms with Crippen LogP contribution in [0.25, 0.3) is 11.3 Å².